The van der Waals surface area contributed by atoms with Crippen LogP contribution in [-0.4, -0.2) is 71.6 Å². The lowest BCUT2D eigenvalue weighted by Crippen LogP contribution is -2.27. The Kier molecular flexibility index (Phi) is 13.9. The second-order valence-electron chi connectivity index (χ2n) is 12.9. The molecule has 0 radical (unpaired) electrons. The first-order chi connectivity index (χ1) is 27.0. The molecule has 1 heterocycles. The van der Waals surface area contributed by atoms with Crippen molar-refractivity contribution in [1.29, 1.82) is 21.6 Å². The average Bonchev–Trinajstić information content (AvgIpc) is 3.72. The maximum absolute atomic E-state index is 14.0. The summed E-state index contributed by atoms with van der Waals surface area (Å²) in [5.74, 6) is -2.43. The highest BCUT2D eigenvalue weighted by Crippen LogP contribution is 2.26. The predicted octanol–water partition coefficient (Wildman–Crippen LogP) is 1.62. The Morgan fingerprint density at radius 2 is 0.772 bits per heavy atom. The summed E-state index contributed by atoms with van der Waals surface area (Å²) >= 11 is 0. The Morgan fingerprint density at radius 1 is 0.491 bits per heavy atom. The van der Waals surface area contributed by atoms with Crippen molar-refractivity contribution in [3.8, 4) is 0 Å². The van der Waals surface area contributed by atoms with E-state index in [-0.39, 0.29) is 35.0 Å². The van der Waals surface area contributed by atoms with Crippen LogP contribution in [0.2, 0.25) is 0 Å². The molecule has 1 aliphatic heterocycles. The lowest BCUT2D eigenvalue weighted by atomic mass is 10.0. The van der Waals surface area contributed by atoms with Crippen LogP contribution in [0.25, 0.3) is 0 Å². The summed E-state index contributed by atoms with van der Waals surface area (Å²) in [5, 5.41) is 52.2. The number of anilines is 3. The molecule has 0 aliphatic carbocycles. The van der Waals surface area contributed by atoms with E-state index in [1.807, 2.05) is 0 Å². The van der Waals surface area contributed by atoms with Gasteiger partial charge in [0.1, 0.15) is 0 Å². The molecule has 0 unspecified atom stereocenters. The first kappa shape index (κ1) is 41.9. The zero-order valence-corrected chi connectivity index (χ0v) is 31.9. The van der Waals surface area contributed by atoms with Crippen molar-refractivity contribution in [1.82, 2.24) is 21.7 Å². The van der Waals surface area contributed by atoms with E-state index < -0.39 is 11.8 Å². The van der Waals surface area contributed by atoms with Crippen molar-refractivity contribution in [3.05, 3.63) is 88.0 Å². The largest absolute Gasteiger partial charge is 0.371 e. The fourth-order valence-electron chi connectivity index (χ4n) is 5.51. The molecule has 1 aliphatic rings. The summed E-state index contributed by atoms with van der Waals surface area (Å²) in [5.41, 5.74) is 37.3. The molecule has 0 aromatic heterocycles. The number of guanidine groups is 4. The van der Waals surface area contributed by atoms with Crippen molar-refractivity contribution in [2.45, 2.75) is 40.5 Å². The van der Waals surface area contributed by atoms with Crippen LogP contribution in [0.3, 0.4) is 0 Å². The SMILES string of the molecule is C/C(=N/NC(=N)N)c1cc(NC(=O)c2cc(C(=O)Nc3cc(/C(C)=N\NC(=N)N)cc(/C(C)=N/NC(=N)N)c3)cc(N3CCCC3)c2)cc(/C(C)=N\NC(=N)N)c1. The van der Waals surface area contributed by atoms with Crippen LogP contribution in [0, 0.1) is 21.6 Å². The minimum Gasteiger partial charge on any atom is -0.371 e. The van der Waals surface area contributed by atoms with E-state index in [1.165, 1.54) is 6.07 Å². The third-order valence-corrected chi connectivity index (χ3v) is 8.34. The fraction of sp³-hybridized carbons (Fsp3) is 0.222. The number of hydrazone groups is 4. The van der Waals surface area contributed by atoms with Gasteiger partial charge in [-0.05, 0) is 95.1 Å². The smallest absolute Gasteiger partial charge is 0.255 e. The molecule has 1 saturated heterocycles. The van der Waals surface area contributed by atoms with Gasteiger partial charge >= 0.3 is 0 Å². The molecule has 0 bridgehead atoms. The molecule has 0 spiro atoms. The quantitative estimate of drug-likeness (QED) is 0.0671. The van der Waals surface area contributed by atoms with E-state index in [0.717, 1.165) is 25.9 Å². The molecule has 0 saturated carbocycles. The van der Waals surface area contributed by atoms with Crippen LogP contribution in [0.4, 0.5) is 17.1 Å². The Hall–Kier alpha value is -7.84. The highest BCUT2D eigenvalue weighted by molar-refractivity contribution is 6.12. The Bertz CT molecular complexity index is 1970. The van der Waals surface area contributed by atoms with Gasteiger partial charge in [-0.25, -0.2) is 21.7 Å². The van der Waals surface area contributed by atoms with E-state index in [4.69, 9.17) is 44.6 Å². The third kappa shape index (κ3) is 12.3. The van der Waals surface area contributed by atoms with E-state index in [2.05, 4.69) is 57.6 Å². The van der Waals surface area contributed by atoms with Gasteiger partial charge in [0.25, 0.3) is 11.8 Å². The second kappa shape index (κ2) is 19.0. The number of carbonyl (C=O) groups is 2. The molecule has 18 N–H and O–H groups in total. The number of nitrogens with one attached hydrogen (secondary N) is 10. The molecule has 4 rings (SSSR count). The first-order valence-corrected chi connectivity index (χ1v) is 17.4. The Morgan fingerprint density at radius 3 is 1.05 bits per heavy atom. The minimum atomic E-state index is -0.500. The number of carbonyl (C=O) groups excluding carboxylic acids is 2. The van der Waals surface area contributed by atoms with E-state index in [1.54, 1.807) is 76.2 Å². The topological polar surface area (TPSA) is 358 Å². The van der Waals surface area contributed by atoms with Gasteiger partial charge in [0.15, 0.2) is 0 Å². The molecular weight excluding hydrogens is 731 g/mol. The van der Waals surface area contributed by atoms with Gasteiger partial charge in [0.05, 0.1) is 22.8 Å². The lowest BCUT2D eigenvalue weighted by Gasteiger charge is -2.20. The summed E-state index contributed by atoms with van der Waals surface area (Å²) in [7, 11) is 0. The van der Waals surface area contributed by atoms with Gasteiger partial charge in [-0.15, -0.1) is 0 Å². The summed E-state index contributed by atoms with van der Waals surface area (Å²) in [6.07, 6.45) is 1.92. The van der Waals surface area contributed by atoms with Gasteiger partial charge < -0.3 is 38.5 Å². The molecule has 1 fully saturated rings. The lowest BCUT2D eigenvalue weighted by molar-refractivity contribution is 0.102. The summed E-state index contributed by atoms with van der Waals surface area (Å²) < 4.78 is 0. The van der Waals surface area contributed by atoms with Gasteiger partial charge in [-0.1, -0.05) is 0 Å². The molecule has 57 heavy (non-hydrogen) atoms. The van der Waals surface area contributed by atoms with Gasteiger partial charge in [0, 0.05) is 63.5 Å². The van der Waals surface area contributed by atoms with Crippen molar-refractivity contribution in [2.24, 2.45) is 43.3 Å². The van der Waals surface area contributed by atoms with Crippen LogP contribution < -0.4 is 60.2 Å². The second-order valence-corrected chi connectivity index (χ2v) is 12.9. The van der Waals surface area contributed by atoms with E-state index >= 15 is 0 Å². The van der Waals surface area contributed by atoms with E-state index in [9.17, 15) is 9.59 Å². The number of hydrogen-bond acceptors (Lipinski definition) is 11. The highest BCUT2D eigenvalue weighted by Gasteiger charge is 2.20. The standard InChI is InChI=1S/C36H47N19O2/c1-18(47-51-33(37)38)22-9-23(19(2)48-52-34(39)40)13-28(12-22)45-31(56)26-11-27(17-30(16-26)55-7-5-6-8-55)32(57)46-29-14-24(20(3)49-53-35(41)42)10-25(15-29)21(4)50-54-36(43)44/h9-17H,5-8H2,1-4H3,(H,45,56)(H,46,57)(H4,37,38,51)(H4,39,40,52)(H4,41,42,53)(H4,43,44,54)/b47-18-,48-19-,49-20-,50-21+. The molecule has 3 aromatic carbocycles. The summed E-state index contributed by atoms with van der Waals surface area (Å²) in [6.45, 7) is 8.28. The highest BCUT2D eigenvalue weighted by atomic mass is 16.2. The maximum atomic E-state index is 14.0. The maximum Gasteiger partial charge on any atom is 0.255 e. The van der Waals surface area contributed by atoms with Crippen LogP contribution in [0.5, 0.6) is 0 Å². The number of nitrogens with two attached hydrogens (primary N) is 4. The zero-order valence-electron chi connectivity index (χ0n) is 31.9. The molecule has 0 atom stereocenters. The Balaban J connectivity index is 1.75. The monoisotopic (exact) mass is 777 g/mol. The minimum absolute atomic E-state index is 0.217. The van der Waals surface area contributed by atoms with Crippen molar-refractivity contribution in [2.75, 3.05) is 28.6 Å². The first-order valence-electron chi connectivity index (χ1n) is 17.4. The molecule has 298 valence electrons. The van der Waals surface area contributed by atoms with Crippen molar-refractivity contribution >= 4 is 75.6 Å². The molecule has 21 nitrogen and oxygen atoms in total. The number of nitrogens with zero attached hydrogens (tertiary/aromatic N) is 5. The average molecular weight is 778 g/mol. The molecule has 2 amide bonds. The van der Waals surface area contributed by atoms with Gasteiger partial charge in [-0.2, -0.15) is 20.4 Å². The van der Waals surface area contributed by atoms with Crippen molar-refractivity contribution < 1.29 is 9.59 Å². The number of benzene rings is 3. The molecular formula is C36H47N19O2. The number of rotatable bonds is 13. The van der Waals surface area contributed by atoms with Crippen LogP contribution in [0.15, 0.2) is 75.0 Å². The molecule has 21 heteroatoms. The number of amides is 2. The zero-order chi connectivity index (χ0) is 41.8. The van der Waals surface area contributed by atoms with E-state index in [0.29, 0.717) is 62.2 Å². The Labute approximate surface area is 328 Å². The summed E-state index contributed by atoms with van der Waals surface area (Å²) in [6, 6.07) is 15.2. The van der Waals surface area contributed by atoms with Crippen molar-refractivity contribution in [3.63, 3.8) is 0 Å². The molecule has 3 aromatic rings. The fourth-order valence-corrected chi connectivity index (χ4v) is 5.51. The van der Waals surface area contributed by atoms with Gasteiger partial charge in [-0.3, -0.25) is 31.2 Å². The summed E-state index contributed by atoms with van der Waals surface area (Å²) in [4.78, 5) is 30.2. The van der Waals surface area contributed by atoms with Crippen LogP contribution in [-0.2, 0) is 0 Å². The van der Waals surface area contributed by atoms with Gasteiger partial charge in [0.2, 0.25) is 23.8 Å². The third-order valence-electron chi connectivity index (χ3n) is 8.34. The normalized spacial score (nSPS) is 13.4. The van der Waals surface area contributed by atoms with Crippen LogP contribution >= 0.6 is 0 Å². The number of hydrogen-bond donors (Lipinski definition) is 14. The predicted molar refractivity (Wildman–Crippen MR) is 226 cm³/mol. The van der Waals surface area contributed by atoms with Crippen LogP contribution in [0.1, 0.15) is 83.5 Å².